The molecule has 0 aliphatic carbocycles. The van der Waals surface area contributed by atoms with Crippen LogP contribution < -0.4 is 11.3 Å². The fourth-order valence-electron chi connectivity index (χ4n) is 2.10. The van der Waals surface area contributed by atoms with Gasteiger partial charge in [0.2, 0.25) is 0 Å². The monoisotopic (exact) mass is 292 g/mol. The maximum Gasteiger partial charge on any atom is 0.0644 e. The van der Waals surface area contributed by atoms with Gasteiger partial charge < -0.3 is 0 Å². The van der Waals surface area contributed by atoms with Crippen LogP contribution in [0.25, 0.3) is 0 Å². The number of rotatable bonds is 6. The van der Waals surface area contributed by atoms with Crippen molar-refractivity contribution in [2.75, 3.05) is 0 Å². The van der Waals surface area contributed by atoms with Crippen LogP contribution in [0, 0.1) is 0 Å². The van der Waals surface area contributed by atoms with Gasteiger partial charge in [-0.1, -0.05) is 30.7 Å². The van der Waals surface area contributed by atoms with Crippen molar-refractivity contribution in [2.24, 2.45) is 5.84 Å². The lowest BCUT2D eigenvalue weighted by atomic mass is 10.0. The van der Waals surface area contributed by atoms with Crippen molar-refractivity contribution in [1.29, 1.82) is 0 Å². The molecule has 0 radical (unpaired) electrons. The minimum absolute atomic E-state index is 0.0348. The molecule has 2 aromatic rings. The van der Waals surface area contributed by atoms with Crippen LogP contribution in [0.5, 0.6) is 0 Å². The summed E-state index contributed by atoms with van der Waals surface area (Å²) in [5, 5.41) is 5.33. The molecule has 0 fully saturated rings. The van der Waals surface area contributed by atoms with Crippen LogP contribution in [0.15, 0.2) is 36.5 Å². The fraction of sp³-hybridized carbons (Fsp3) is 0.400. The second-order valence-electron chi connectivity index (χ2n) is 5.02. The Morgan fingerprint density at radius 3 is 2.60 bits per heavy atom. The van der Waals surface area contributed by atoms with E-state index in [9.17, 15) is 0 Å². The summed E-state index contributed by atoms with van der Waals surface area (Å²) in [5.41, 5.74) is 4.98. The highest BCUT2D eigenvalue weighted by molar-refractivity contribution is 6.30. The van der Waals surface area contributed by atoms with Crippen molar-refractivity contribution in [3.63, 3.8) is 0 Å². The SMILES string of the molecule is CCC(C)n1ccc(CC(NN)c2ccc(Cl)cc2)n1. The average Bonchev–Trinajstić information content (AvgIpc) is 2.93. The van der Waals surface area contributed by atoms with Crippen molar-refractivity contribution in [1.82, 2.24) is 15.2 Å². The van der Waals surface area contributed by atoms with Gasteiger partial charge in [-0.2, -0.15) is 5.10 Å². The van der Waals surface area contributed by atoms with Crippen molar-refractivity contribution >= 4 is 11.6 Å². The van der Waals surface area contributed by atoms with Gasteiger partial charge in [-0.25, -0.2) is 0 Å². The predicted octanol–water partition coefficient (Wildman–Crippen LogP) is 3.25. The molecule has 4 nitrogen and oxygen atoms in total. The van der Waals surface area contributed by atoms with E-state index < -0.39 is 0 Å². The molecule has 1 aromatic heterocycles. The Morgan fingerprint density at radius 2 is 2.00 bits per heavy atom. The molecule has 0 spiro atoms. The Bertz CT molecular complexity index is 535. The van der Waals surface area contributed by atoms with Gasteiger partial charge in [0.15, 0.2) is 0 Å². The van der Waals surface area contributed by atoms with E-state index in [0.29, 0.717) is 6.04 Å². The second-order valence-corrected chi connectivity index (χ2v) is 5.46. The smallest absolute Gasteiger partial charge is 0.0644 e. The van der Waals surface area contributed by atoms with Gasteiger partial charge in [-0.3, -0.25) is 16.0 Å². The van der Waals surface area contributed by atoms with E-state index in [1.54, 1.807) is 0 Å². The first-order valence-electron chi connectivity index (χ1n) is 6.89. The van der Waals surface area contributed by atoms with E-state index in [4.69, 9.17) is 17.4 Å². The molecule has 0 saturated heterocycles. The Morgan fingerprint density at radius 1 is 1.30 bits per heavy atom. The predicted molar refractivity (Wildman–Crippen MR) is 82.4 cm³/mol. The van der Waals surface area contributed by atoms with Gasteiger partial charge >= 0.3 is 0 Å². The summed E-state index contributed by atoms with van der Waals surface area (Å²) in [7, 11) is 0. The fourth-order valence-corrected chi connectivity index (χ4v) is 2.22. The summed E-state index contributed by atoms with van der Waals surface area (Å²) in [4.78, 5) is 0. The van der Waals surface area contributed by atoms with Gasteiger partial charge in [0, 0.05) is 23.7 Å². The van der Waals surface area contributed by atoms with E-state index in [0.717, 1.165) is 29.1 Å². The van der Waals surface area contributed by atoms with E-state index in [1.165, 1.54) is 0 Å². The number of hydrogen-bond acceptors (Lipinski definition) is 3. The van der Waals surface area contributed by atoms with Crippen LogP contribution in [0.1, 0.15) is 43.6 Å². The number of halogens is 1. The topological polar surface area (TPSA) is 55.9 Å². The molecule has 20 heavy (non-hydrogen) atoms. The highest BCUT2D eigenvalue weighted by atomic mass is 35.5. The number of nitrogens with one attached hydrogen (secondary N) is 1. The highest BCUT2D eigenvalue weighted by Crippen LogP contribution is 2.20. The summed E-state index contributed by atoms with van der Waals surface area (Å²) in [6.07, 6.45) is 3.84. The molecule has 2 rings (SSSR count). The van der Waals surface area contributed by atoms with Crippen molar-refractivity contribution in [2.45, 2.75) is 38.8 Å². The number of aromatic nitrogens is 2. The van der Waals surface area contributed by atoms with Gasteiger partial charge in [-0.15, -0.1) is 0 Å². The van der Waals surface area contributed by atoms with Crippen molar-refractivity contribution in [3.05, 3.63) is 52.8 Å². The molecule has 1 heterocycles. The Labute approximate surface area is 124 Å². The van der Waals surface area contributed by atoms with Crippen LogP contribution >= 0.6 is 11.6 Å². The van der Waals surface area contributed by atoms with E-state index in [2.05, 4.69) is 24.4 Å². The minimum atomic E-state index is 0.0348. The Hall–Kier alpha value is -1.36. The lowest BCUT2D eigenvalue weighted by molar-refractivity contribution is 0.467. The Kier molecular flexibility index (Phi) is 5.17. The first-order valence-corrected chi connectivity index (χ1v) is 7.27. The molecule has 0 amide bonds. The first kappa shape index (κ1) is 15.0. The molecule has 2 unspecified atom stereocenters. The summed E-state index contributed by atoms with van der Waals surface area (Å²) in [6.45, 7) is 4.32. The third-order valence-corrected chi connectivity index (χ3v) is 3.84. The molecule has 2 atom stereocenters. The standard InChI is InChI=1S/C15H21ClN4/c1-3-11(2)20-9-8-14(19-20)10-15(18-17)12-4-6-13(16)7-5-12/h4-9,11,15,18H,3,10,17H2,1-2H3. The first-order chi connectivity index (χ1) is 9.63. The molecular weight excluding hydrogens is 272 g/mol. The van der Waals surface area contributed by atoms with E-state index >= 15 is 0 Å². The molecule has 108 valence electrons. The highest BCUT2D eigenvalue weighted by Gasteiger charge is 2.13. The van der Waals surface area contributed by atoms with Crippen LogP contribution in [0.2, 0.25) is 5.02 Å². The second kappa shape index (κ2) is 6.88. The molecule has 0 bridgehead atoms. The van der Waals surface area contributed by atoms with Gasteiger partial charge in [-0.05, 0) is 37.1 Å². The molecular formula is C15H21ClN4. The van der Waals surface area contributed by atoms with Gasteiger partial charge in [0.05, 0.1) is 11.7 Å². The maximum absolute atomic E-state index is 5.91. The molecule has 0 aliphatic heterocycles. The van der Waals surface area contributed by atoms with Crippen molar-refractivity contribution < 1.29 is 0 Å². The average molecular weight is 293 g/mol. The lowest BCUT2D eigenvalue weighted by Crippen LogP contribution is -2.29. The summed E-state index contributed by atoms with van der Waals surface area (Å²) in [6, 6.07) is 10.2. The number of nitrogens with zero attached hydrogens (tertiary/aromatic N) is 2. The summed E-state index contributed by atoms with van der Waals surface area (Å²) >= 11 is 5.91. The van der Waals surface area contributed by atoms with Crippen LogP contribution in [-0.2, 0) is 6.42 Å². The van der Waals surface area contributed by atoms with E-state index in [1.807, 2.05) is 41.2 Å². The summed E-state index contributed by atoms with van der Waals surface area (Å²) < 4.78 is 2.00. The van der Waals surface area contributed by atoms with Crippen LogP contribution in [0.3, 0.4) is 0 Å². The van der Waals surface area contributed by atoms with Gasteiger partial charge in [0.1, 0.15) is 0 Å². The number of hydrogen-bond donors (Lipinski definition) is 2. The summed E-state index contributed by atoms with van der Waals surface area (Å²) in [5.74, 6) is 5.67. The third kappa shape index (κ3) is 3.60. The van der Waals surface area contributed by atoms with Crippen LogP contribution in [0.4, 0.5) is 0 Å². The van der Waals surface area contributed by atoms with Gasteiger partial charge in [0.25, 0.3) is 0 Å². The molecule has 3 N–H and O–H groups in total. The molecule has 1 aromatic carbocycles. The zero-order valence-electron chi connectivity index (χ0n) is 11.9. The number of hydrazine groups is 1. The van der Waals surface area contributed by atoms with E-state index in [-0.39, 0.29) is 6.04 Å². The number of nitrogens with two attached hydrogens (primary N) is 1. The third-order valence-electron chi connectivity index (χ3n) is 3.59. The number of benzene rings is 1. The maximum atomic E-state index is 5.91. The normalized spacial score (nSPS) is 14.2. The largest absolute Gasteiger partial charge is 0.271 e. The van der Waals surface area contributed by atoms with Crippen molar-refractivity contribution in [3.8, 4) is 0 Å². The minimum Gasteiger partial charge on any atom is -0.271 e. The quantitative estimate of drug-likeness (QED) is 0.635. The Balaban J connectivity index is 2.10. The van der Waals surface area contributed by atoms with Crippen LogP contribution in [-0.4, -0.2) is 9.78 Å². The molecule has 0 aliphatic rings. The molecule has 0 saturated carbocycles. The zero-order chi connectivity index (χ0) is 14.5. The molecule has 5 heteroatoms. The zero-order valence-corrected chi connectivity index (χ0v) is 12.6. The lowest BCUT2D eigenvalue weighted by Gasteiger charge is -2.15.